The fourth-order valence-corrected chi connectivity index (χ4v) is 2.97. The summed E-state index contributed by atoms with van der Waals surface area (Å²) in [6.45, 7) is 2.49. The average Bonchev–Trinajstić information content (AvgIpc) is 2.64. The van der Waals surface area contributed by atoms with Crippen molar-refractivity contribution in [3.05, 3.63) is 93.3 Å². The zero-order valence-electron chi connectivity index (χ0n) is 14.8. The molecule has 0 atom stereocenters. The summed E-state index contributed by atoms with van der Waals surface area (Å²) < 4.78 is 14.0. The van der Waals surface area contributed by atoms with Crippen molar-refractivity contribution in [1.82, 2.24) is 0 Å². The zero-order valence-corrected chi connectivity index (χ0v) is 15.5. The number of hydrogen-bond donors (Lipinski definition) is 2. The van der Waals surface area contributed by atoms with Crippen LogP contribution in [0.25, 0.3) is 0 Å². The van der Waals surface area contributed by atoms with Crippen molar-refractivity contribution in [1.29, 1.82) is 0 Å². The van der Waals surface area contributed by atoms with Gasteiger partial charge < -0.3 is 10.2 Å². The van der Waals surface area contributed by atoms with Crippen LogP contribution in [0.4, 0.5) is 4.39 Å². The van der Waals surface area contributed by atoms with Crippen LogP contribution in [0.15, 0.2) is 59.6 Å². The lowest BCUT2D eigenvalue weighted by atomic mass is 10.00. The fraction of sp³-hybridized carbons (Fsp3) is 0.136. The minimum atomic E-state index is -0.486. The first-order chi connectivity index (χ1) is 13.0. The van der Waals surface area contributed by atoms with Crippen LogP contribution in [0, 0.1) is 12.7 Å². The molecule has 0 aliphatic rings. The third kappa shape index (κ3) is 4.47. The van der Waals surface area contributed by atoms with Gasteiger partial charge in [-0.15, -0.1) is 0 Å². The lowest BCUT2D eigenvalue weighted by Gasteiger charge is -2.11. The van der Waals surface area contributed by atoms with Crippen LogP contribution in [0.5, 0.6) is 11.5 Å². The van der Waals surface area contributed by atoms with Crippen LogP contribution in [-0.4, -0.2) is 16.4 Å². The minimum Gasteiger partial charge on any atom is -0.508 e. The van der Waals surface area contributed by atoms with Crippen LogP contribution in [0.2, 0.25) is 5.02 Å². The molecule has 3 aromatic carbocycles. The van der Waals surface area contributed by atoms with Crippen LogP contribution < -0.4 is 0 Å². The van der Waals surface area contributed by atoms with Gasteiger partial charge in [0.05, 0.1) is 6.54 Å². The Kier molecular flexibility index (Phi) is 5.77. The third-order valence-corrected chi connectivity index (χ3v) is 4.68. The van der Waals surface area contributed by atoms with Gasteiger partial charge in [-0.25, -0.2) is 4.39 Å². The molecular formula is C22H19ClFNO2. The molecule has 0 aliphatic heterocycles. The summed E-state index contributed by atoms with van der Waals surface area (Å²) in [7, 11) is 0. The topological polar surface area (TPSA) is 52.8 Å². The van der Waals surface area contributed by atoms with E-state index in [1.807, 2.05) is 31.2 Å². The highest BCUT2D eigenvalue weighted by atomic mass is 35.5. The number of aliphatic imine (C=N–C) groups is 1. The lowest BCUT2D eigenvalue weighted by Crippen LogP contribution is -1.97. The molecule has 0 radical (unpaired) electrons. The molecule has 5 heteroatoms. The lowest BCUT2D eigenvalue weighted by molar-refractivity contribution is 0.439. The van der Waals surface area contributed by atoms with E-state index in [-0.39, 0.29) is 34.1 Å². The quantitative estimate of drug-likeness (QED) is 0.579. The van der Waals surface area contributed by atoms with Crippen LogP contribution in [0.1, 0.15) is 27.8 Å². The van der Waals surface area contributed by atoms with E-state index < -0.39 is 5.82 Å². The number of aryl methyl sites for hydroxylation is 1. The van der Waals surface area contributed by atoms with Crippen molar-refractivity contribution >= 4 is 17.8 Å². The van der Waals surface area contributed by atoms with Crippen molar-refractivity contribution in [3.63, 3.8) is 0 Å². The maximum Gasteiger partial charge on any atom is 0.131 e. The molecule has 3 aromatic rings. The van der Waals surface area contributed by atoms with E-state index in [9.17, 15) is 14.6 Å². The van der Waals surface area contributed by atoms with Gasteiger partial charge in [0.2, 0.25) is 0 Å². The number of halogens is 2. The van der Waals surface area contributed by atoms with E-state index in [0.717, 1.165) is 5.56 Å². The van der Waals surface area contributed by atoms with Gasteiger partial charge in [-0.3, -0.25) is 4.99 Å². The molecule has 0 fully saturated rings. The van der Waals surface area contributed by atoms with Crippen LogP contribution in [-0.2, 0) is 13.0 Å². The summed E-state index contributed by atoms with van der Waals surface area (Å²) >= 11 is 6.06. The highest BCUT2D eigenvalue weighted by Crippen LogP contribution is 2.34. The molecule has 0 heterocycles. The monoisotopic (exact) mass is 383 g/mol. The van der Waals surface area contributed by atoms with Gasteiger partial charge in [-0.1, -0.05) is 47.5 Å². The summed E-state index contributed by atoms with van der Waals surface area (Å²) in [6, 6.07) is 15.4. The highest BCUT2D eigenvalue weighted by molar-refractivity contribution is 6.31. The molecule has 3 nitrogen and oxygen atoms in total. The predicted octanol–water partition coefficient (Wildman–Crippen LogP) is 5.41. The molecule has 0 saturated carbocycles. The molecule has 0 saturated heterocycles. The molecule has 0 spiro atoms. The standard InChI is InChI=1S/C22H19ClFNO2/c1-14-5-7-15(8-6-14)12-25-13-16-9-10-21(26)18(22(16)27)11-17-19(23)3-2-4-20(17)24/h2-10,13,26-27H,11-12H2,1H3. The Labute approximate surface area is 162 Å². The Balaban J connectivity index is 1.85. The maximum absolute atomic E-state index is 14.0. The SMILES string of the molecule is Cc1ccc(CN=Cc2ccc(O)c(Cc3c(F)cccc3Cl)c2O)cc1. The molecular weight excluding hydrogens is 365 g/mol. The first-order valence-corrected chi connectivity index (χ1v) is 8.85. The number of phenols is 2. The largest absolute Gasteiger partial charge is 0.508 e. The van der Waals surface area contributed by atoms with Gasteiger partial charge in [0, 0.05) is 34.3 Å². The van der Waals surface area contributed by atoms with E-state index in [1.165, 1.54) is 23.8 Å². The first kappa shape index (κ1) is 18.9. The molecule has 0 unspecified atom stereocenters. The number of benzene rings is 3. The Hall–Kier alpha value is -2.85. The number of phenolic OH excluding ortho intramolecular Hbond substituents is 2. The second kappa shape index (κ2) is 8.23. The van der Waals surface area contributed by atoms with Gasteiger partial charge in [0.15, 0.2) is 0 Å². The minimum absolute atomic E-state index is 0.0250. The van der Waals surface area contributed by atoms with Crippen molar-refractivity contribution in [2.24, 2.45) is 4.99 Å². The normalized spacial score (nSPS) is 11.2. The molecule has 27 heavy (non-hydrogen) atoms. The highest BCUT2D eigenvalue weighted by Gasteiger charge is 2.16. The number of aromatic hydroxyl groups is 2. The van der Waals surface area contributed by atoms with E-state index >= 15 is 0 Å². The first-order valence-electron chi connectivity index (χ1n) is 8.48. The van der Waals surface area contributed by atoms with E-state index in [0.29, 0.717) is 12.1 Å². The van der Waals surface area contributed by atoms with Gasteiger partial charge in [-0.05, 0) is 36.8 Å². The van der Waals surface area contributed by atoms with Crippen molar-refractivity contribution in [2.75, 3.05) is 0 Å². The molecule has 0 amide bonds. The van der Waals surface area contributed by atoms with E-state index in [2.05, 4.69) is 4.99 Å². The number of rotatable bonds is 5. The van der Waals surface area contributed by atoms with E-state index in [4.69, 9.17) is 11.6 Å². The van der Waals surface area contributed by atoms with Crippen molar-refractivity contribution in [3.8, 4) is 11.5 Å². The Morgan fingerprint density at radius 2 is 1.74 bits per heavy atom. The molecule has 0 bridgehead atoms. The van der Waals surface area contributed by atoms with Gasteiger partial charge in [0.1, 0.15) is 17.3 Å². The summed E-state index contributed by atoms with van der Waals surface area (Å²) in [5.74, 6) is -0.746. The Morgan fingerprint density at radius 3 is 2.44 bits per heavy atom. The number of nitrogens with zero attached hydrogens (tertiary/aromatic N) is 1. The Morgan fingerprint density at radius 1 is 1.00 bits per heavy atom. The third-order valence-electron chi connectivity index (χ3n) is 4.33. The van der Waals surface area contributed by atoms with Gasteiger partial charge in [-0.2, -0.15) is 0 Å². The number of hydrogen-bond acceptors (Lipinski definition) is 3. The van der Waals surface area contributed by atoms with Crippen molar-refractivity contribution < 1.29 is 14.6 Å². The predicted molar refractivity (Wildman–Crippen MR) is 106 cm³/mol. The molecule has 2 N–H and O–H groups in total. The summed E-state index contributed by atoms with van der Waals surface area (Å²) in [5.41, 5.74) is 3.10. The summed E-state index contributed by atoms with van der Waals surface area (Å²) in [6.07, 6.45) is 1.52. The fourth-order valence-electron chi connectivity index (χ4n) is 2.74. The second-order valence-corrected chi connectivity index (χ2v) is 6.74. The smallest absolute Gasteiger partial charge is 0.131 e. The van der Waals surface area contributed by atoms with Gasteiger partial charge in [0.25, 0.3) is 0 Å². The maximum atomic E-state index is 14.0. The molecule has 0 aliphatic carbocycles. The zero-order chi connectivity index (χ0) is 19.4. The summed E-state index contributed by atoms with van der Waals surface area (Å²) in [4.78, 5) is 4.35. The summed E-state index contributed by atoms with van der Waals surface area (Å²) in [5, 5.41) is 20.9. The van der Waals surface area contributed by atoms with Gasteiger partial charge >= 0.3 is 0 Å². The molecule has 3 rings (SSSR count). The van der Waals surface area contributed by atoms with Crippen molar-refractivity contribution in [2.45, 2.75) is 19.9 Å². The van der Waals surface area contributed by atoms with Crippen LogP contribution in [0.3, 0.4) is 0 Å². The Bertz CT molecular complexity index is 964. The second-order valence-electron chi connectivity index (χ2n) is 6.33. The van der Waals surface area contributed by atoms with E-state index in [1.54, 1.807) is 18.3 Å². The molecule has 138 valence electrons. The molecule has 0 aromatic heterocycles. The average molecular weight is 384 g/mol. The van der Waals surface area contributed by atoms with Crippen LogP contribution >= 0.6 is 11.6 Å².